The maximum absolute atomic E-state index is 12.0. The first-order valence-electron chi connectivity index (χ1n) is 10.3. The molecule has 0 bridgehead atoms. The summed E-state index contributed by atoms with van der Waals surface area (Å²) in [6.07, 6.45) is 3.00. The standard InChI is InChI=1S/C21H39NO4/c1-7-13(2)8-11-21(25)14(3)15(26-18(22)24)12-16-19(4,5)10-9-17(23)20(16,21)6/h13-17,23,25H,7-12H2,1-6H3,(H2,22,24)/t13-,14+,15-,16+,17-,20-,21+/m1/s1. The molecule has 0 unspecified atom stereocenters. The first kappa shape index (κ1) is 21.5. The lowest BCUT2D eigenvalue weighted by molar-refractivity contribution is -0.273. The topological polar surface area (TPSA) is 92.8 Å². The van der Waals surface area contributed by atoms with Crippen LogP contribution in [0.15, 0.2) is 0 Å². The van der Waals surface area contributed by atoms with Crippen molar-refractivity contribution in [3.63, 3.8) is 0 Å². The summed E-state index contributed by atoms with van der Waals surface area (Å²) in [6, 6.07) is 0. The fourth-order valence-corrected chi connectivity index (χ4v) is 5.88. The van der Waals surface area contributed by atoms with Crippen LogP contribution in [0.1, 0.15) is 80.1 Å². The molecule has 2 saturated carbocycles. The number of nitrogens with two attached hydrogens (primary N) is 1. The Morgan fingerprint density at radius 2 is 1.96 bits per heavy atom. The molecule has 0 heterocycles. The van der Waals surface area contributed by atoms with Gasteiger partial charge in [0.15, 0.2) is 0 Å². The Morgan fingerprint density at radius 1 is 1.35 bits per heavy atom. The van der Waals surface area contributed by atoms with E-state index < -0.39 is 29.3 Å². The molecule has 0 spiro atoms. The molecule has 7 atom stereocenters. The fourth-order valence-electron chi connectivity index (χ4n) is 5.88. The number of aliphatic hydroxyl groups excluding tert-OH is 1. The summed E-state index contributed by atoms with van der Waals surface area (Å²) in [7, 11) is 0. The summed E-state index contributed by atoms with van der Waals surface area (Å²) >= 11 is 0. The maximum atomic E-state index is 12.0. The van der Waals surface area contributed by atoms with Gasteiger partial charge in [-0.05, 0) is 49.4 Å². The molecular weight excluding hydrogens is 330 g/mol. The summed E-state index contributed by atoms with van der Waals surface area (Å²) in [4.78, 5) is 11.5. The maximum Gasteiger partial charge on any atom is 0.404 e. The van der Waals surface area contributed by atoms with Gasteiger partial charge in [-0.3, -0.25) is 0 Å². The van der Waals surface area contributed by atoms with E-state index in [1.165, 1.54) is 0 Å². The van der Waals surface area contributed by atoms with Crippen LogP contribution in [0.4, 0.5) is 4.79 Å². The Morgan fingerprint density at radius 3 is 2.50 bits per heavy atom. The number of fused-ring (bicyclic) bond motifs is 1. The fraction of sp³-hybridized carbons (Fsp3) is 0.952. The van der Waals surface area contributed by atoms with Gasteiger partial charge in [0.05, 0.1) is 11.7 Å². The normalized spacial score (nSPS) is 43.4. The van der Waals surface area contributed by atoms with Gasteiger partial charge in [-0.1, -0.05) is 48.0 Å². The number of carbonyl (C=O) groups excluding carboxylic acids is 1. The number of hydrogen-bond donors (Lipinski definition) is 3. The molecule has 26 heavy (non-hydrogen) atoms. The number of carbonyl (C=O) groups is 1. The highest BCUT2D eigenvalue weighted by atomic mass is 16.6. The molecular formula is C21H39NO4. The highest BCUT2D eigenvalue weighted by molar-refractivity contribution is 5.64. The van der Waals surface area contributed by atoms with Crippen molar-refractivity contribution in [2.75, 3.05) is 0 Å². The zero-order valence-corrected chi connectivity index (χ0v) is 17.4. The van der Waals surface area contributed by atoms with E-state index in [0.29, 0.717) is 25.2 Å². The number of ether oxygens (including phenoxy) is 1. The molecule has 4 N–H and O–H groups in total. The molecule has 0 aromatic rings. The third kappa shape index (κ3) is 3.37. The Kier molecular flexibility index (Phi) is 6.04. The van der Waals surface area contributed by atoms with E-state index >= 15 is 0 Å². The molecule has 0 aromatic carbocycles. The predicted molar refractivity (Wildman–Crippen MR) is 102 cm³/mol. The highest BCUT2D eigenvalue weighted by Crippen LogP contribution is 2.64. The second kappa shape index (κ2) is 7.31. The summed E-state index contributed by atoms with van der Waals surface area (Å²) in [5, 5.41) is 23.1. The molecule has 152 valence electrons. The van der Waals surface area contributed by atoms with Crippen molar-refractivity contribution in [2.45, 2.75) is 97.9 Å². The van der Waals surface area contributed by atoms with Crippen molar-refractivity contribution in [3.8, 4) is 0 Å². The van der Waals surface area contributed by atoms with Gasteiger partial charge >= 0.3 is 6.09 Å². The quantitative estimate of drug-likeness (QED) is 0.686. The van der Waals surface area contributed by atoms with Crippen LogP contribution in [-0.4, -0.2) is 34.1 Å². The van der Waals surface area contributed by atoms with Crippen molar-refractivity contribution < 1.29 is 19.7 Å². The van der Waals surface area contributed by atoms with E-state index in [0.717, 1.165) is 19.3 Å². The number of primary amides is 1. The lowest BCUT2D eigenvalue weighted by Gasteiger charge is -2.65. The van der Waals surface area contributed by atoms with Crippen molar-refractivity contribution in [2.24, 2.45) is 34.3 Å². The molecule has 0 aliphatic heterocycles. The van der Waals surface area contributed by atoms with Gasteiger partial charge < -0.3 is 20.7 Å². The number of rotatable bonds is 5. The third-order valence-electron chi connectivity index (χ3n) is 8.12. The minimum Gasteiger partial charge on any atom is -0.446 e. The van der Waals surface area contributed by atoms with Crippen LogP contribution in [0, 0.1) is 28.6 Å². The van der Waals surface area contributed by atoms with Gasteiger partial charge in [0.25, 0.3) is 0 Å². The van der Waals surface area contributed by atoms with Gasteiger partial charge in [0, 0.05) is 11.3 Å². The van der Waals surface area contributed by atoms with Gasteiger partial charge in [-0.25, -0.2) is 4.79 Å². The molecule has 0 saturated heterocycles. The van der Waals surface area contributed by atoms with Crippen LogP contribution >= 0.6 is 0 Å². The summed E-state index contributed by atoms with van der Waals surface area (Å²) in [6.45, 7) is 12.7. The zero-order valence-electron chi connectivity index (χ0n) is 17.4. The van der Waals surface area contributed by atoms with Gasteiger partial charge in [0.2, 0.25) is 0 Å². The van der Waals surface area contributed by atoms with Gasteiger partial charge in [-0.2, -0.15) is 0 Å². The smallest absolute Gasteiger partial charge is 0.404 e. The summed E-state index contributed by atoms with van der Waals surface area (Å²) < 4.78 is 5.45. The van der Waals surface area contributed by atoms with Gasteiger partial charge in [0.1, 0.15) is 6.10 Å². The average molecular weight is 370 g/mol. The Hall–Kier alpha value is -0.810. The van der Waals surface area contributed by atoms with E-state index in [2.05, 4.69) is 34.6 Å². The highest BCUT2D eigenvalue weighted by Gasteiger charge is 2.67. The van der Waals surface area contributed by atoms with E-state index in [1.54, 1.807) is 0 Å². The van der Waals surface area contributed by atoms with Crippen molar-refractivity contribution in [3.05, 3.63) is 0 Å². The SMILES string of the molecule is CC[C@@H](C)CC[C@]1(O)[C@@H](C)[C@H](OC(N)=O)C[C@H]2C(C)(C)CC[C@@H](O)[C@@]21C. The monoisotopic (exact) mass is 369 g/mol. The second-order valence-corrected chi connectivity index (χ2v) is 9.85. The molecule has 2 aliphatic carbocycles. The minimum absolute atomic E-state index is 0.0439. The van der Waals surface area contributed by atoms with E-state index in [4.69, 9.17) is 10.5 Å². The molecule has 0 radical (unpaired) electrons. The van der Waals surface area contributed by atoms with Crippen LogP contribution in [-0.2, 0) is 4.74 Å². The Labute approximate surface area is 158 Å². The second-order valence-electron chi connectivity index (χ2n) is 9.85. The average Bonchev–Trinajstić information content (AvgIpc) is 2.56. The lowest BCUT2D eigenvalue weighted by atomic mass is 9.42. The van der Waals surface area contributed by atoms with Gasteiger partial charge in [-0.15, -0.1) is 0 Å². The van der Waals surface area contributed by atoms with Crippen LogP contribution < -0.4 is 5.73 Å². The summed E-state index contributed by atoms with van der Waals surface area (Å²) in [5.74, 6) is 0.282. The largest absolute Gasteiger partial charge is 0.446 e. The number of hydrogen-bond acceptors (Lipinski definition) is 4. The minimum atomic E-state index is -1.10. The van der Waals surface area contributed by atoms with E-state index in [9.17, 15) is 15.0 Å². The molecule has 2 aliphatic rings. The number of aliphatic hydroxyl groups is 2. The molecule has 2 fully saturated rings. The molecule has 5 heteroatoms. The molecule has 2 rings (SSSR count). The first-order chi connectivity index (χ1) is 11.9. The Bertz CT molecular complexity index is 522. The van der Waals surface area contributed by atoms with E-state index in [1.807, 2.05) is 6.92 Å². The van der Waals surface area contributed by atoms with Crippen LogP contribution in [0.3, 0.4) is 0 Å². The first-order valence-corrected chi connectivity index (χ1v) is 10.3. The predicted octanol–water partition coefficient (Wildman–Crippen LogP) is 3.85. The lowest BCUT2D eigenvalue weighted by Crippen LogP contribution is -2.70. The van der Waals surface area contributed by atoms with Crippen molar-refractivity contribution >= 4 is 6.09 Å². The zero-order chi connectivity index (χ0) is 19.9. The van der Waals surface area contributed by atoms with Crippen LogP contribution in [0.25, 0.3) is 0 Å². The summed E-state index contributed by atoms with van der Waals surface area (Å²) in [5.41, 5.74) is 3.55. The third-order valence-corrected chi connectivity index (χ3v) is 8.12. The van der Waals surface area contributed by atoms with Crippen molar-refractivity contribution in [1.82, 2.24) is 0 Å². The molecule has 5 nitrogen and oxygen atoms in total. The van der Waals surface area contributed by atoms with E-state index in [-0.39, 0.29) is 17.3 Å². The van der Waals surface area contributed by atoms with Crippen LogP contribution in [0.2, 0.25) is 0 Å². The molecule has 1 amide bonds. The number of amides is 1. The molecule has 0 aromatic heterocycles. The Balaban J connectivity index is 2.48. The van der Waals surface area contributed by atoms with Crippen molar-refractivity contribution in [1.29, 1.82) is 0 Å². The van der Waals surface area contributed by atoms with Crippen LogP contribution in [0.5, 0.6) is 0 Å².